The largest absolute Gasteiger partial charge is 0.480 e. The van der Waals surface area contributed by atoms with E-state index in [1.807, 2.05) is 0 Å². The van der Waals surface area contributed by atoms with Gasteiger partial charge in [0.05, 0.1) is 0 Å². The van der Waals surface area contributed by atoms with Crippen LogP contribution < -0.4 is 5.32 Å². The van der Waals surface area contributed by atoms with Crippen LogP contribution in [0.15, 0.2) is 0 Å². The number of carbonyl (C=O) groups excluding carboxylic acids is 2. The number of aliphatic carboxylic acids is 1. The molecule has 0 heterocycles. The fourth-order valence-corrected chi connectivity index (χ4v) is 1.66. The molecule has 8 nitrogen and oxygen atoms in total. The highest BCUT2D eigenvalue weighted by Crippen LogP contribution is 2.10. The van der Waals surface area contributed by atoms with Crippen LogP contribution in [0.4, 0.5) is 9.59 Å². The Labute approximate surface area is 143 Å². The van der Waals surface area contributed by atoms with Crippen LogP contribution >= 0.6 is 0 Å². The van der Waals surface area contributed by atoms with E-state index in [-0.39, 0.29) is 6.54 Å². The van der Waals surface area contributed by atoms with Gasteiger partial charge in [0.2, 0.25) is 0 Å². The van der Waals surface area contributed by atoms with Gasteiger partial charge >= 0.3 is 18.2 Å². The number of carboxylic acids is 1. The van der Waals surface area contributed by atoms with Gasteiger partial charge in [0.15, 0.2) is 0 Å². The summed E-state index contributed by atoms with van der Waals surface area (Å²) < 4.78 is 10.3. The first-order chi connectivity index (χ1) is 10.8. The summed E-state index contributed by atoms with van der Waals surface area (Å²) in [4.78, 5) is 35.5. The number of rotatable bonds is 7. The predicted octanol–water partition coefficient (Wildman–Crippen LogP) is 2.61. The second-order valence-electron chi connectivity index (χ2n) is 7.43. The highest BCUT2D eigenvalue weighted by atomic mass is 16.6. The molecular formula is C16H30N2O6. The molecule has 0 bridgehead atoms. The molecule has 0 unspecified atom stereocenters. The van der Waals surface area contributed by atoms with E-state index in [1.165, 1.54) is 0 Å². The summed E-state index contributed by atoms with van der Waals surface area (Å²) in [6, 6.07) is 0. The standard InChI is InChI=1S/C16H30N2O6/c1-15(2,3)23-13(21)17-9-7-8-10-18(11-12(19)20)14(22)24-16(4,5)6/h7-11H2,1-6H3,(H,17,21)(H,19,20). The molecule has 2 N–H and O–H groups in total. The first-order valence-corrected chi connectivity index (χ1v) is 7.97. The molecule has 0 aliphatic heterocycles. The molecule has 0 atom stereocenters. The molecule has 8 heteroatoms. The molecule has 0 fully saturated rings. The minimum Gasteiger partial charge on any atom is -0.480 e. The van der Waals surface area contributed by atoms with Gasteiger partial charge in [-0.2, -0.15) is 0 Å². The molecule has 0 aliphatic rings. The Balaban J connectivity index is 4.22. The Bertz CT molecular complexity index is 437. The fraction of sp³-hybridized carbons (Fsp3) is 0.812. The van der Waals surface area contributed by atoms with Crippen LogP contribution in [0.25, 0.3) is 0 Å². The van der Waals surface area contributed by atoms with E-state index in [0.717, 1.165) is 4.90 Å². The normalized spacial score (nSPS) is 11.6. The fourth-order valence-electron chi connectivity index (χ4n) is 1.66. The zero-order chi connectivity index (χ0) is 19.0. The molecule has 0 saturated heterocycles. The second kappa shape index (κ2) is 9.34. The zero-order valence-electron chi connectivity index (χ0n) is 15.5. The van der Waals surface area contributed by atoms with E-state index in [1.54, 1.807) is 41.5 Å². The first-order valence-electron chi connectivity index (χ1n) is 7.97. The number of amides is 2. The van der Waals surface area contributed by atoms with Gasteiger partial charge in [-0.1, -0.05) is 0 Å². The lowest BCUT2D eigenvalue weighted by atomic mass is 10.2. The number of hydrogen-bond acceptors (Lipinski definition) is 5. The van der Waals surface area contributed by atoms with Gasteiger partial charge in [0, 0.05) is 13.1 Å². The minimum absolute atomic E-state index is 0.233. The lowest BCUT2D eigenvalue weighted by molar-refractivity contribution is -0.138. The van der Waals surface area contributed by atoms with Crippen molar-refractivity contribution in [3.63, 3.8) is 0 Å². The number of hydrogen-bond donors (Lipinski definition) is 2. The summed E-state index contributed by atoms with van der Waals surface area (Å²) in [6.45, 7) is 10.7. The molecule has 2 amide bonds. The highest BCUT2D eigenvalue weighted by molar-refractivity contribution is 5.76. The number of alkyl carbamates (subject to hydrolysis) is 1. The molecular weight excluding hydrogens is 316 g/mol. The van der Waals surface area contributed by atoms with E-state index >= 15 is 0 Å². The van der Waals surface area contributed by atoms with E-state index in [0.29, 0.717) is 19.4 Å². The van der Waals surface area contributed by atoms with Crippen molar-refractivity contribution in [2.24, 2.45) is 0 Å². The molecule has 0 aliphatic carbocycles. The average molecular weight is 346 g/mol. The van der Waals surface area contributed by atoms with Gasteiger partial charge in [-0.05, 0) is 54.4 Å². The lowest BCUT2D eigenvalue weighted by Crippen LogP contribution is -2.40. The molecule has 140 valence electrons. The van der Waals surface area contributed by atoms with Crippen molar-refractivity contribution in [2.75, 3.05) is 19.6 Å². The third kappa shape index (κ3) is 12.5. The highest BCUT2D eigenvalue weighted by Gasteiger charge is 2.23. The number of unbranched alkanes of at least 4 members (excludes halogenated alkanes) is 1. The van der Waals surface area contributed by atoms with Crippen molar-refractivity contribution >= 4 is 18.2 Å². The van der Waals surface area contributed by atoms with Crippen LogP contribution in [0.5, 0.6) is 0 Å². The number of nitrogens with one attached hydrogen (secondary N) is 1. The smallest absolute Gasteiger partial charge is 0.410 e. The van der Waals surface area contributed by atoms with Crippen LogP contribution in [0.1, 0.15) is 54.4 Å². The van der Waals surface area contributed by atoms with Gasteiger partial charge in [-0.15, -0.1) is 0 Å². The van der Waals surface area contributed by atoms with Crippen molar-refractivity contribution in [1.82, 2.24) is 10.2 Å². The number of carbonyl (C=O) groups is 3. The summed E-state index contributed by atoms with van der Waals surface area (Å²) >= 11 is 0. The van der Waals surface area contributed by atoms with E-state index in [9.17, 15) is 14.4 Å². The number of carboxylic acid groups (broad SMARTS) is 1. The second-order valence-corrected chi connectivity index (χ2v) is 7.43. The number of nitrogens with zero attached hydrogens (tertiary/aromatic N) is 1. The van der Waals surface area contributed by atoms with E-state index < -0.39 is 35.9 Å². The summed E-state index contributed by atoms with van der Waals surface area (Å²) in [6.07, 6.45) is -0.0532. The van der Waals surface area contributed by atoms with Crippen LogP contribution in [0.2, 0.25) is 0 Å². The lowest BCUT2D eigenvalue weighted by Gasteiger charge is -2.26. The Kier molecular flexibility index (Phi) is 8.57. The molecule has 0 rings (SSSR count). The maximum Gasteiger partial charge on any atom is 0.410 e. The third-order valence-electron chi connectivity index (χ3n) is 2.50. The average Bonchev–Trinajstić information content (AvgIpc) is 2.32. The Morgan fingerprint density at radius 1 is 0.958 bits per heavy atom. The van der Waals surface area contributed by atoms with E-state index in [4.69, 9.17) is 14.6 Å². The Hall–Kier alpha value is -1.99. The maximum absolute atomic E-state index is 12.0. The van der Waals surface area contributed by atoms with Crippen molar-refractivity contribution in [3.05, 3.63) is 0 Å². The van der Waals surface area contributed by atoms with Gasteiger partial charge in [-0.25, -0.2) is 9.59 Å². The SMILES string of the molecule is CC(C)(C)OC(=O)NCCCCN(CC(=O)O)C(=O)OC(C)(C)C. The molecule has 0 radical (unpaired) electrons. The summed E-state index contributed by atoms with van der Waals surface area (Å²) in [7, 11) is 0. The molecule has 0 aromatic rings. The zero-order valence-corrected chi connectivity index (χ0v) is 15.5. The van der Waals surface area contributed by atoms with Gasteiger partial charge < -0.3 is 19.9 Å². The minimum atomic E-state index is -1.10. The Morgan fingerprint density at radius 2 is 1.50 bits per heavy atom. The van der Waals surface area contributed by atoms with Crippen LogP contribution in [-0.2, 0) is 14.3 Å². The maximum atomic E-state index is 12.0. The van der Waals surface area contributed by atoms with Gasteiger partial charge in [-0.3, -0.25) is 9.69 Å². The summed E-state index contributed by atoms with van der Waals surface area (Å²) in [5.41, 5.74) is -1.24. The van der Waals surface area contributed by atoms with Crippen molar-refractivity contribution in [2.45, 2.75) is 65.6 Å². The predicted molar refractivity (Wildman–Crippen MR) is 88.9 cm³/mol. The topological polar surface area (TPSA) is 105 Å². The van der Waals surface area contributed by atoms with Crippen molar-refractivity contribution < 1.29 is 29.0 Å². The quantitative estimate of drug-likeness (QED) is 0.687. The summed E-state index contributed by atoms with van der Waals surface area (Å²) in [5.74, 6) is -1.10. The molecule has 0 saturated carbocycles. The van der Waals surface area contributed by atoms with Gasteiger partial charge in [0.25, 0.3) is 0 Å². The monoisotopic (exact) mass is 346 g/mol. The molecule has 0 aromatic heterocycles. The molecule has 0 spiro atoms. The van der Waals surface area contributed by atoms with Crippen LogP contribution in [0.3, 0.4) is 0 Å². The molecule has 24 heavy (non-hydrogen) atoms. The van der Waals surface area contributed by atoms with E-state index in [2.05, 4.69) is 5.32 Å². The Morgan fingerprint density at radius 3 is 1.96 bits per heavy atom. The van der Waals surface area contributed by atoms with Crippen LogP contribution in [0, 0.1) is 0 Å². The van der Waals surface area contributed by atoms with Gasteiger partial charge in [0.1, 0.15) is 17.7 Å². The summed E-state index contributed by atoms with van der Waals surface area (Å²) in [5, 5.41) is 11.5. The van der Waals surface area contributed by atoms with Crippen LogP contribution in [-0.4, -0.2) is 59.0 Å². The van der Waals surface area contributed by atoms with Crippen molar-refractivity contribution in [1.29, 1.82) is 0 Å². The number of ether oxygens (including phenoxy) is 2. The van der Waals surface area contributed by atoms with Crippen molar-refractivity contribution in [3.8, 4) is 0 Å². The molecule has 0 aromatic carbocycles. The first kappa shape index (κ1) is 22.0. The third-order valence-corrected chi connectivity index (χ3v) is 2.50.